The van der Waals surface area contributed by atoms with E-state index < -0.39 is 0 Å². The highest BCUT2D eigenvalue weighted by atomic mass is 16.5. The summed E-state index contributed by atoms with van der Waals surface area (Å²) in [6.45, 7) is 2.67. The smallest absolute Gasteiger partial charge is 0.244 e. The second kappa shape index (κ2) is 8.77. The minimum atomic E-state index is -0.113. The van der Waals surface area contributed by atoms with Gasteiger partial charge in [-0.1, -0.05) is 35.9 Å². The fourth-order valence-electron chi connectivity index (χ4n) is 2.39. The number of carbonyl (C=O) groups is 1. The van der Waals surface area contributed by atoms with Crippen molar-refractivity contribution in [3.05, 3.63) is 65.2 Å². The van der Waals surface area contributed by atoms with E-state index in [-0.39, 0.29) is 5.91 Å². The highest BCUT2D eigenvalue weighted by Crippen LogP contribution is 2.27. The molecule has 24 heavy (non-hydrogen) atoms. The summed E-state index contributed by atoms with van der Waals surface area (Å²) >= 11 is 0. The summed E-state index contributed by atoms with van der Waals surface area (Å²) in [5.74, 6) is 1.19. The molecule has 0 aliphatic heterocycles. The molecule has 1 N–H and O–H groups in total. The van der Waals surface area contributed by atoms with E-state index in [4.69, 9.17) is 9.47 Å². The zero-order chi connectivity index (χ0) is 17.4. The normalized spacial score (nSPS) is 10.6. The van der Waals surface area contributed by atoms with Crippen LogP contribution in [-0.4, -0.2) is 26.7 Å². The molecule has 2 aromatic rings. The summed E-state index contributed by atoms with van der Waals surface area (Å²) in [6, 6.07) is 13.8. The van der Waals surface area contributed by atoms with Gasteiger partial charge in [0.1, 0.15) is 0 Å². The van der Waals surface area contributed by atoms with Crippen LogP contribution in [0.4, 0.5) is 0 Å². The quantitative estimate of drug-likeness (QED) is 0.794. The lowest BCUT2D eigenvalue weighted by Crippen LogP contribution is -2.23. The van der Waals surface area contributed by atoms with Crippen LogP contribution in [0.15, 0.2) is 48.5 Å². The van der Waals surface area contributed by atoms with E-state index in [1.165, 1.54) is 17.2 Å². The van der Waals surface area contributed by atoms with Crippen LogP contribution in [0, 0.1) is 6.92 Å². The minimum absolute atomic E-state index is 0.113. The number of aryl methyl sites for hydroxylation is 1. The minimum Gasteiger partial charge on any atom is -0.493 e. The third kappa shape index (κ3) is 5.16. The van der Waals surface area contributed by atoms with E-state index in [1.54, 1.807) is 20.3 Å². The molecule has 0 saturated carbocycles. The van der Waals surface area contributed by atoms with Crippen molar-refractivity contribution in [3.63, 3.8) is 0 Å². The first-order chi connectivity index (χ1) is 11.6. The Balaban J connectivity index is 1.86. The molecule has 0 heterocycles. The van der Waals surface area contributed by atoms with E-state index in [0.29, 0.717) is 18.0 Å². The van der Waals surface area contributed by atoms with E-state index in [2.05, 4.69) is 30.4 Å². The van der Waals surface area contributed by atoms with E-state index in [1.807, 2.05) is 24.3 Å². The molecule has 0 saturated heterocycles. The number of hydrogen-bond donors (Lipinski definition) is 1. The van der Waals surface area contributed by atoms with Crippen molar-refractivity contribution in [2.45, 2.75) is 13.3 Å². The van der Waals surface area contributed by atoms with Gasteiger partial charge >= 0.3 is 0 Å². The third-order valence-corrected chi connectivity index (χ3v) is 3.63. The molecule has 126 valence electrons. The Morgan fingerprint density at radius 2 is 1.88 bits per heavy atom. The fourth-order valence-corrected chi connectivity index (χ4v) is 2.39. The summed E-state index contributed by atoms with van der Waals surface area (Å²) in [5.41, 5.74) is 3.33. The number of ether oxygens (including phenoxy) is 2. The molecule has 2 aromatic carbocycles. The van der Waals surface area contributed by atoms with Gasteiger partial charge in [-0.25, -0.2) is 0 Å². The molecular formula is C20H23NO3. The molecule has 0 aliphatic carbocycles. The van der Waals surface area contributed by atoms with Crippen LogP contribution in [-0.2, 0) is 11.2 Å². The average molecular weight is 325 g/mol. The van der Waals surface area contributed by atoms with Crippen LogP contribution in [0.5, 0.6) is 11.5 Å². The molecule has 0 radical (unpaired) electrons. The first kappa shape index (κ1) is 17.6. The van der Waals surface area contributed by atoms with Crippen molar-refractivity contribution >= 4 is 12.0 Å². The van der Waals surface area contributed by atoms with Crippen LogP contribution in [0.25, 0.3) is 6.08 Å². The van der Waals surface area contributed by atoms with E-state index in [9.17, 15) is 4.79 Å². The molecule has 0 aliphatic rings. The first-order valence-corrected chi connectivity index (χ1v) is 7.86. The number of carbonyl (C=O) groups excluding carboxylic acids is 1. The maximum Gasteiger partial charge on any atom is 0.244 e. The number of hydrogen-bond acceptors (Lipinski definition) is 3. The van der Waals surface area contributed by atoms with Crippen molar-refractivity contribution in [1.82, 2.24) is 5.32 Å². The topological polar surface area (TPSA) is 47.6 Å². The Hall–Kier alpha value is -2.75. The third-order valence-electron chi connectivity index (χ3n) is 3.63. The zero-order valence-corrected chi connectivity index (χ0v) is 14.3. The van der Waals surface area contributed by atoms with Gasteiger partial charge in [0.2, 0.25) is 5.91 Å². The Labute approximate surface area is 143 Å². The van der Waals surface area contributed by atoms with Crippen molar-refractivity contribution in [3.8, 4) is 11.5 Å². The Morgan fingerprint density at radius 3 is 2.58 bits per heavy atom. The number of rotatable bonds is 7. The van der Waals surface area contributed by atoms with Gasteiger partial charge in [-0.2, -0.15) is 0 Å². The van der Waals surface area contributed by atoms with Gasteiger partial charge in [0.15, 0.2) is 11.5 Å². The second-order valence-electron chi connectivity index (χ2n) is 5.48. The molecule has 0 bridgehead atoms. The molecule has 1 amide bonds. The summed E-state index contributed by atoms with van der Waals surface area (Å²) in [4.78, 5) is 11.9. The molecule has 0 unspecified atom stereocenters. The number of benzene rings is 2. The SMILES string of the molecule is COc1ccc(C=CC(=O)NCCc2cccc(C)c2)cc1OC. The lowest BCUT2D eigenvalue weighted by molar-refractivity contribution is -0.116. The fraction of sp³-hybridized carbons (Fsp3) is 0.250. The van der Waals surface area contributed by atoms with E-state index in [0.717, 1.165) is 12.0 Å². The molecular weight excluding hydrogens is 302 g/mol. The first-order valence-electron chi connectivity index (χ1n) is 7.86. The van der Waals surface area contributed by atoms with Gasteiger partial charge < -0.3 is 14.8 Å². The van der Waals surface area contributed by atoms with Crippen molar-refractivity contribution in [2.24, 2.45) is 0 Å². The van der Waals surface area contributed by atoms with Gasteiger partial charge in [0.25, 0.3) is 0 Å². The monoisotopic (exact) mass is 325 g/mol. The highest BCUT2D eigenvalue weighted by Gasteiger charge is 2.03. The predicted octanol–water partition coefficient (Wildman–Crippen LogP) is 3.38. The summed E-state index contributed by atoms with van der Waals surface area (Å²) in [6.07, 6.45) is 4.10. The maximum atomic E-state index is 11.9. The van der Waals surface area contributed by atoms with Crippen LogP contribution in [0.1, 0.15) is 16.7 Å². The molecule has 0 fully saturated rings. The number of amides is 1. The molecule has 0 atom stereocenters. The Morgan fingerprint density at radius 1 is 1.08 bits per heavy atom. The van der Waals surface area contributed by atoms with Crippen molar-refractivity contribution in [1.29, 1.82) is 0 Å². The zero-order valence-electron chi connectivity index (χ0n) is 14.3. The summed E-state index contributed by atoms with van der Waals surface area (Å²) < 4.78 is 10.4. The Bertz CT molecular complexity index is 723. The largest absolute Gasteiger partial charge is 0.493 e. The molecule has 4 heteroatoms. The van der Waals surface area contributed by atoms with Gasteiger partial charge in [-0.05, 0) is 42.7 Å². The van der Waals surface area contributed by atoms with Crippen LogP contribution in [0.2, 0.25) is 0 Å². The molecule has 4 nitrogen and oxygen atoms in total. The molecule has 0 spiro atoms. The van der Waals surface area contributed by atoms with Crippen LogP contribution >= 0.6 is 0 Å². The summed E-state index contributed by atoms with van der Waals surface area (Å²) in [7, 11) is 3.18. The standard InChI is InChI=1S/C20H23NO3/c1-15-5-4-6-16(13-15)11-12-21-20(22)10-8-17-7-9-18(23-2)19(14-17)24-3/h4-10,13-14H,11-12H2,1-3H3,(H,21,22). The lowest BCUT2D eigenvalue weighted by Gasteiger charge is -2.07. The molecule has 2 rings (SSSR count). The molecule has 0 aromatic heterocycles. The predicted molar refractivity (Wildman–Crippen MR) is 96.5 cm³/mol. The highest BCUT2D eigenvalue weighted by molar-refractivity contribution is 5.91. The summed E-state index contributed by atoms with van der Waals surface area (Å²) in [5, 5.41) is 2.89. The van der Waals surface area contributed by atoms with Gasteiger partial charge in [0, 0.05) is 12.6 Å². The van der Waals surface area contributed by atoms with E-state index >= 15 is 0 Å². The van der Waals surface area contributed by atoms with Crippen LogP contribution < -0.4 is 14.8 Å². The van der Waals surface area contributed by atoms with Crippen molar-refractivity contribution < 1.29 is 14.3 Å². The van der Waals surface area contributed by atoms with Gasteiger partial charge in [0.05, 0.1) is 14.2 Å². The van der Waals surface area contributed by atoms with Crippen molar-refractivity contribution in [2.75, 3.05) is 20.8 Å². The van der Waals surface area contributed by atoms with Gasteiger partial charge in [-0.3, -0.25) is 4.79 Å². The van der Waals surface area contributed by atoms with Gasteiger partial charge in [-0.15, -0.1) is 0 Å². The average Bonchev–Trinajstić information content (AvgIpc) is 2.59. The number of methoxy groups -OCH3 is 2. The second-order valence-corrected chi connectivity index (χ2v) is 5.48. The lowest BCUT2D eigenvalue weighted by atomic mass is 10.1. The number of nitrogens with one attached hydrogen (secondary N) is 1. The van der Waals surface area contributed by atoms with Crippen LogP contribution in [0.3, 0.4) is 0 Å². The maximum absolute atomic E-state index is 11.9. The Kier molecular flexibility index (Phi) is 6.43.